The zero-order valence-corrected chi connectivity index (χ0v) is 15.4. The fourth-order valence-corrected chi connectivity index (χ4v) is 2.85. The van der Waals surface area contributed by atoms with Crippen molar-refractivity contribution >= 4 is 28.5 Å². The van der Waals surface area contributed by atoms with E-state index < -0.39 is 5.82 Å². The SMILES string of the molecule is Cc1ccc(N(C)C(=O)Nc2ccc3oc(-c4ccccc4F)nc3c2)cc1. The van der Waals surface area contributed by atoms with Crippen molar-refractivity contribution in [3.8, 4) is 11.5 Å². The molecule has 0 aliphatic carbocycles. The molecule has 0 saturated carbocycles. The van der Waals surface area contributed by atoms with Gasteiger partial charge in [0, 0.05) is 18.4 Å². The molecule has 0 fully saturated rings. The third-order valence-corrected chi connectivity index (χ3v) is 4.47. The van der Waals surface area contributed by atoms with Crippen LogP contribution in [0.4, 0.5) is 20.6 Å². The van der Waals surface area contributed by atoms with Gasteiger partial charge in [0.05, 0.1) is 5.56 Å². The molecule has 6 heteroatoms. The summed E-state index contributed by atoms with van der Waals surface area (Å²) in [5.41, 5.74) is 3.83. The number of urea groups is 1. The molecule has 1 aromatic heterocycles. The average molecular weight is 375 g/mol. The molecule has 4 rings (SSSR count). The number of anilines is 2. The number of fused-ring (bicyclic) bond motifs is 1. The van der Waals surface area contributed by atoms with Crippen molar-refractivity contribution in [1.82, 2.24) is 4.98 Å². The molecule has 0 atom stereocenters. The van der Waals surface area contributed by atoms with Crippen LogP contribution in [0.3, 0.4) is 0 Å². The van der Waals surface area contributed by atoms with Gasteiger partial charge in [-0.15, -0.1) is 0 Å². The van der Waals surface area contributed by atoms with Gasteiger partial charge in [-0.05, 0) is 49.4 Å². The fourth-order valence-electron chi connectivity index (χ4n) is 2.85. The van der Waals surface area contributed by atoms with E-state index in [4.69, 9.17) is 4.42 Å². The highest BCUT2D eigenvalue weighted by Gasteiger charge is 2.14. The number of carbonyl (C=O) groups is 1. The van der Waals surface area contributed by atoms with Crippen LogP contribution >= 0.6 is 0 Å². The van der Waals surface area contributed by atoms with Gasteiger partial charge in [0.1, 0.15) is 11.3 Å². The fraction of sp³-hybridized carbons (Fsp3) is 0.0909. The van der Waals surface area contributed by atoms with Crippen LogP contribution in [0.25, 0.3) is 22.6 Å². The van der Waals surface area contributed by atoms with Gasteiger partial charge in [-0.2, -0.15) is 0 Å². The van der Waals surface area contributed by atoms with Crippen molar-refractivity contribution in [2.24, 2.45) is 0 Å². The third-order valence-electron chi connectivity index (χ3n) is 4.47. The summed E-state index contributed by atoms with van der Waals surface area (Å²) in [6.45, 7) is 1.99. The maximum Gasteiger partial charge on any atom is 0.326 e. The van der Waals surface area contributed by atoms with E-state index in [9.17, 15) is 9.18 Å². The Hall–Kier alpha value is -3.67. The number of hydrogen-bond acceptors (Lipinski definition) is 3. The molecule has 0 spiro atoms. The van der Waals surface area contributed by atoms with Gasteiger partial charge in [-0.1, -0.05) is 29.8 Å². The largest absolute Gasteiger partial charge is 0.436 e. The number of oxazole rings is 1. The standard InChI is InChI=1S/C22H18FN3O2/c1-14-7-10-16(11-8-14)26(2)22(27)24-15-9-12-20-19(13-15)25-21(28-20)17-5-3-4-6-18(17)23/h3-13H,1-2H3,(H,24,27). The Balaban J connectivity index is 1.57. The molecule has 0 aliphatic rings. The Kier molecular flexibility index (Phi) is 4.53. The number of hydrogen-bond donors (Lipinski definition) is 1. The highest BCUT2D eigenvalue weighted by atomic mass is 19.1. The van der Waals surface area contributed by atoms with E-state index in [1.807, 2.05) is 31.2 Å². The Morgan fingerprint density at radius 2 is 1.82 bits per heavy atom. The van der Waals surface area contributed by atoms with Gasteiger partial charge < -0.3 is 9.73 Å². The minimum absolute atomic E-state index is 0.202. The van der Waals surface area contributed by atoms with Crippen LogP contribution in [-0.2, 0) is 0 Å². The highest BCUT2D eigenvalue weighted by Crippen LogP contribution is 2.28. The van der Waals surface area contributed by atoms with Crippen molar-refractivity contribution in [2.75, 3.05) is 17.3 Å². The van der Waals surface area contributed by atoms with Crippen LogP contribution in [0.2, 0.25) is 0 Å². The molecule has 3 aromatic carbocycles. The van der Waals surface area contributed by atoms with Gasteiger partial charge in [0.15, 0.2) is 5.58 Å². The normalized spacial score (nSPS) is 10.8. The number of nitrogens with zero attached hydrogens (tertiary/aromatic N) is 2. The number of amides is 2. The molecule has 0 saturated heterocycles. The molecule has 0 radical (unpaired) electrons. The molecule has 0 aliphatic heterocycles. The second-order valence-electron chi connectivity index (χ2n) is 6.51. The molecule has 140 valence electrons. The van der Waals surface area contributed by atoms with E-state index in [1.165, 1.54) is 11.0 Å². The first-order valence-corrected chi connectivity index (χ1v) is 8.78. The molecular weight excluding hydrogens is 357 g/mol. The molecule has 0 bridgehead atoms. The molecule has 0 unspecified atom stereocenters. The molecule has 4 aromatic rings. The van der Waals surface area contributed by atoms with Crippen LogP contribution < -0.4 is 10.2 Å². The van der Waals surface area contributed by atoms with Gasteiger partial charge in [-0.25, -0.2) is 14.2 Å². The summed E-state index contributed by atoms with van der Waals surface area (Å²) in [7, 11) is 1.70. The molecule has 5 nitrogen and oxygen atoms in total. The first-order chi connectivity index (χ1) is 13.5. The summed E-state index contributed by atoms with van der Waals surface area (Å²) >= 11 is 0. The Bertz CT molecular complexity index is 1150. The average Bonchev–Trinajstić information content (AvgIpc) is 3.11. The summed E-state index contributed by atoms with van der Waals surface area (Å²) in [4.78, 5) is 18.4. The molecule has 28 heavy (non-hydrogen) atoms. The van der Waals surface area contributed by atoms with Gasteiger partial charge in [-0.3, -0.25) is 4.90 Å². The number of carbonyl (C=O) groups excluding carboxylic acids is 1. The minimum atomic E-state index is -0.401. The molecule has 1 heterocycles. The smallest absolute Gasteiger partial charge is 0.326 e. The summed E-state index contributed by atoms with van der Waals surface area (Å²) < 4.78 is 19.6. The predicted octanol–water partition coefficient (Wildman–Crippen LogP) is 5.61. The van der Waals surface area contributed by atoms with Gasteiger partial charge in [0.25, 0.3) is 0 Å². The third kappa shape index (κ3) is 3.44. The summed E-state index contributed by atoms with van der Waals surface area (Å²) in [6, 6.07) is 18.8. The Labute approximate surface area is 161 Å². The zero-order chi connectivity index (χ0) is 19.7. The predicted molar refractivity (Wildman–Crippen MR) is 108 cm³/mol. The summed E-state index contributed by atoms with van der Waals surface area (Å²) in [5.74, 6) is -0.198. The van der Waals surface area contributed by atoms with Crippen LogP contribution in [0, 0.1) is 12.7 Å². The van der Waals surface area contributed by atoms with E-state index in [1.54, 1.807) is 43.4 Å². The highest BCUT2D eigenvalue weighted by molar-refractivity contribution is 6.02. The monoisotopic (exact) mass is 375 g/mol. The van der Waals surface area contributed by atoms with Crippen molar-refractivity contribution in [3.05, 3.63) is 78.1 Å². The first-order valence-electron chi connectivity index (χ1n) is 8.78. The van der Waals surface area contributed by atoms with Crippen molar-refractivity contribution in [3.63, 3.8) is 0 Å². The number of benzene rings is 3. The molecular formula is C22H18FN3O2. The van der Waals surface area contributed by atoms with Crippen LogP contribution in [0.5, 0.6) is 0 Å². The minimum Gasteiger partial charge on any atom is -0.436 e. The number of halogens is 1. The maximum absolute atomic E-state index is 14.0. The summed E-state index contributed by atoms with van der Waals surface area (Å²) in [5, 5.41) is 2.84. The summed E-state index contributed by atoms with van der Waals surface area (Å²) in [6.07, 6.45) is 0. The van der Waals surface area contributed by atoms with E-state index in [0.29, 0.717) is 22.4 Å². The second kappa shape index (κ2) is 7.15. The van der Waals surface area contributed by atoms with Gasteiger partial charge in [0.2, 0.25) is 5.89 Å². The quantitative estimate of drug-likeness (QED) is 0.506. The number of rotatable bonds is 3. The molecule has 1 N–H and O–H groups in total. The lowest BCUT2D eigenvalue weighted by molar-refractivity contribution is 0.258. The maximum atomic E-state index is 14.0. The number of nitrogens with one attached hydrogen (secondary N) is 1. The van der Waals surface area contributed by atoms with E-state index >= 15 is 0 Å². The van der Waals surface area contributed by atoms with Crippen molar-refractivity contribution < 1.29 is 13.6 Å². The Morgan fingerprint density at radius 1 is 1.07 bits per heavy atom. The Morgan fingerprint density at radius 3 is 2.57 bits per heavy atom. The van der Waals surface area contributed by atoms with E-state index in [0.717, 1.165) is 11.3 Å². The lowest BCUT2D eigenvalue weighted by Gasteiger charge is -2.18. The lowest BCUT2D eigenvalue weighted by Crippen LogP contribution is -2.31. The molecule has 2 amide bonds. The zero-order valence-electron chi connectivity index (χ0n) is 15.4. The van der Waals surface area contributed by atoms with Crippen molar-refractivity contribution in [2.45, 2.75) is 6.92 Å². The van der Waals surface area contributed by atoms with Crippen LogP contribution in [-0.4, -0.2) is 18.1 Å². The topological polar surface area (TPSA) is 58.4 Å². The number of aromatic nitrogens is 1. The van der Waals surface area contributed by atoms with Gasteiger partial charge >= 0.3 is 6.03 Å². The van der Waals surface area contributed by atoms with Crippen LogP contribution in [0.1, 0.15) is 5.56 Å². The number of aryl methyl sites for hydroxylation is 1. The first kappa shape index (κ1) is 17.7. The van der Waals surface area contributed by atoms with E-state index in [-0.39, 0.29) is 11.9 Å². The second-order valence-corrected chi connectivity index (χ2v) is 6.51. The van der Waals surface area contributed by atoms with Crippen molar-refractivity contribution in [1.29, 1.82) is 0 Å². The van der Waals surface area contributed by atoms with Crippen LogP contribution in [0.15, 0.2) is 71.1 Å². The lowest BCUT2D eigenvalue weighted by atomic mass is 10.2. The van der Waals surface area contributed by atoms with E-state index in [2.05, 4.69) is 10.3 Å².